The molecule has 1 rings (SSSR count). The van der Waals surface area contributed by atoms with Crippen molar-refractivity contribution in [2.45, 2.75) is 4.77 Å². The van der Waals surface area contributed by atoms with Crippen LogP contribution in [-0.2, 0) is 18.3 Å². The van der Waals surface area contributed by atoms with Crippen molar-refractivity contribution in [3.05, 3.63) is 35.6 Å². The van der Waals surface area contributed by atoms with Gasteiger partial charge in [-0.25, -0.2) is 0 Å². The summed E-state index contributed by atoms with van der Waals surface area (Å²) in [6.45, 7) is 0. The van der Waals surface area contributed by atoms with E-state index in [2.05, 4.69) is 0 Å². The van der Waals surface area contributed by atoms with Gasteiger partial charge in [0.05, 0.1) is 0 Å². The Balaban J connectivity index is 0.000001000. The van der Waals surface area contributed by atoms with Gasteiger partial charge in [-0.05, 0) is 0 Å². The van der Waals surface area contributed by atoms with Gasteiger partial charge in [0, 0.05) is 0 Å². The van der Waals surface area contributed by atoms with Crippen molar-refractivity contribution in [1.29, 1.82) is 0 Å². The van der Waals surface area contributed by atoms with Crippen LogP contribution in [0.15, 0.2) is 24.3 Å². The molecule has 11 heavy (non-hydrogen) atoms. The fourth-order valence-electron chi connectivity index (χ4n) is 0.729. The van der Waals surface area contributed by atoms with Crippen LogP contribution in [0, 0.1) is 5.82 Å². The van der Waals surface area contributed by atoms with Crippen molar-refractivity contribution in [2.24, 2.45) is 0 Å². The Kier molecular flexibility index (Phi) is 5.02. The molecule has 1 unspecified atom stereocenters. The number of alkyl halides is 1. The normalized spacial score (nSPS) is 12.0. The topological polar surface area (TPSA) is 0 Å². The van der Waals surface area contributed by atoms with E-state index in [1.807, 2.05) is 0 Å². The zero-order valence-corrected chi connectivity index (χ0v) is 10.4. The van der Waals surface area contributed by atoms with E-state index in [0.29, 0.717) is 18.3 Å². The average molecular weight is 273 g/mol. The summed E-state index contributed by atoms with van der Waals surface area (Å²) in [7, 11) is 0. The quantitative estimate of drug-likeness (QED) is 0.690. The predicted molar refractivity (Wildman–Crippen MR) is 40.6 cm³/mol. The molecule has 0 nitrogen and oxygen atoms in total. The molecule has 0 heterocycles. The van der Waals surface area contributed by atoms with Crippen LogP contribution in [0.1, 0.15) is 10.3 Å². The second kappa shape index (κ2) is 4.94. The first-order valence-corrected chi connectivity index (χ1v) is 4.64. The summed E-state index contributed by atoms with van der Waals surface area (Å²) in [4.78, 5) is 0. The number of hydrogen-bond donors (Lipinski definition) is 0. The standard InChI is InChI=1S/C7H5F2.BrH.Zn/c8-5-6-3-1-2-4-7(6)9;;/h1-5H;1H;. The van der Waals surface area contributed by atoms with Crippen LogP contribution in [0.5, 0.6) is 0 Å². The molecule has 57 valence electrons. The molecule has 0 aliphatic heterocycles. The van der Waals surface area contributed by atoms with Gasteiger partial charge in [0.2, 0.25) is 0 Å². The van der Waals surface area contributed by atoms with Crippen molar-refractivity contribution >= 4 is 17.0 Å². The summed E-state index contributed by atoms with van der Waals surface area (Å²) in [5, 5.41) is 0. The Morgan fingerprint density at radius 3 is 2.18 bits per heavy atom. The first-order chi connectivity index (χ1) is 4.72. The number of rotatable bonds is 1. The minimum absolute atomic E-state index is 0. The predicted octanol–water partition coefficient (Wildman–Crippen LogP) is 2.92. The molecule has 0 spiro atoms. The molecule has 1 atom stereocenters. The molecule has 0 N–H and O–H groups in total. The van der Waals surface area contributed by atoms with Gasteiger partial charge in [-0.1, -0.05) is 0 Å². The van der Waals surface area contributed by atoms with E-state index in [-0.39, 0.29) is 22.5 Å². The van der Waals surface area contributed by atoms with Gasteiger partial charge in [0.1, 0.15) is 0 Å². The summed E-state index contributed by atoms with van der Waals surface area (Å²) < 4.78 is 24.0. The van der Waals surface area contributed by atoms with Gasteiger partial charge in [-0.15, -0.1) is 17.0 Å². The molecule has 0 saturated carbocycles. The second-order valence-electron chi connectivity index (χ2n) is 1.99. The molecule has 0 amide bonds. The average Bonchev–Trinajstić information content (AvgIpc) is 1.88. The molecule has 0 radical (unpaired) electrons. The van der Waals surface area contributed by atoms with Gasteiger partial charge in [0.15, 0.2) is 0 Å². The van der Waals surface area contributed by atoms with Crippen LogP contribution < -0.4 is 0 Å². The molecule has 0 saturated heterocycles. The fraction of sp³-hybridized carbons (Fsp3) is 0.143. The molecule has 0 fully saturated rings. The first kappa shape index (κ1) is 11.2. The van der Waals surface area contributed by atoms with Gasteiger partial charge in [-0.3, -0.25) is 0 Å². The van der Waals surface area contributed by atoms with Gasteiger partial charge in [0.25, 0.3) is 0 Å². The van der Waals surface area contributed by atoms with Gasteiger partial charge >= 0.3 is 67.5 Å². The van der Waals surface area contributed by atoms with Crippen LogP contribution in [0.4, 0.5) is 8.78 Å². The van der Waals surface area contributed by atoms with Crippen LogP contribution >= 0.6 is 17.0 Å². The van der Waals surface area contributed by atoms with Crippen molar-refractivity contribution in [3.63, 3.8) is 0 Å². The molecular weight excluding hydrogens is 267 g/mol. The Hall–Kier alpha value is 0.183. The Labute approximate surface area is 84.4 Å². The summed E-state index contributed by atoms with van der Waals surface area (Å²) in [6.07, 6.45) is 0. The van der Waals surface area contributed by atoms with E-state index in [0.717, 1.165) is 0 Å². The molecule has 4 heteroatoms. The van der Waals surface area contributed by atoms with E-state index in [9.17, 15) is 8.78 Å². The summed E-state index contributed by atoms with van der Waals surface area (Å²) in [5.74, 6) is -0.443. The fourth-order valence-corrected chi connectivity index (χ4v) is 1.42. The van der Waals surface area contributed by atoms with Crippen molar-refractivity contribution in [1.82, 2.24) is 0 Å². The number of benzene rings is 1. The minimum atomic E-state index is -1.10. The first-order valence-electron chi connectivity index (χ1n) is 2.93. The summed E-state index contributed by atoms with van der Waals surface area (Å²) >= 11 is 0.445. The Bertz CT molecular complexity index is 227. The maximum absolute atomic E-state index is 12.6. The third-order valence-corrected chi connectivity index (χ3v) is 2.17. The Morgan fingerprint density at radius 1 is 1.27 bits per heavy atom. The van der Waals surface area contributed by atoms with E-state index in [4.69, 9.17) is 0 Å². The second-order valence-corrected chi connectivity index (χ2v) is 3.49. The van der Waals surface area contributed by atoms with Crippen LogP contribution in [0.2, 0.25) is 0 Å². The third kappa shape index (κ3) is 2.96. The molecular formula is C7H6BrF2Zn. The van der Waals surface area contributed by atoms with Crippen molar-refractivity contribution < 1.29 is 27.1 Å². The SMILES string of the molecule is Br.Fc1ccccc1[CH](F)[Zn]. The van der Waals surface area contributed by atoms with Crippen LogP contribution in [0.3, 0.4) is 0 Å². The number of halogens is 3. The monoisotopic (exact) mass is 271 g/mol. The van der Waals surface area contributed by atoms with Crippen LogP contribution in [0.25, 0.3) is 0 Å². The number of hydrogen-bond acceptors (Lipinski definition) is 0. The van der Waals surface area contributed by atoms with Crippen molar-refractivity contribution in [3.8, 4) is 0 Å². The van der Waals surface area contributed by atoms with E-state index >= 15 is 0 Å². The third-order valence-electron chi connectivity index (χ3n) is 1.24. The molecule has 1 aromatic carbocycles. The van der Waals surface area contributed by atoms with Crippen molar-refractivity contribution in [2.75, 3.05) is 0 Å². The van der Waals surface area contributed by atoms with E-state index in [1.54, 1.807) is 12.1 Å². The van der Waals surface area contributed by atoms with E-state index in [1.165, 1.54) is 12.1 Å². The van der Waals surface area contributed by atoms with Gasteiger partial charge in [-0.2, -0.15) is 0 Å². The molecule has 0 aliphatic carbocycles. The van der Waals surface area contributed by atoms with Crippen LogP contribution in [-0.4, -0.2) is 0 Å². The maximum atomic E-state index is 12.6. The van der Waals surface area contributed by atoms with E-state index < -0.39 is 10.6 Å². The molecule has 0 aromatic heterocycles. The molecule has 0 aliphatic rings. The molecule has 1 aromatic rings. The zero-order chi connectivity index (χ0) is 7.56. The summed E-state index contributed by atoms with van der Waals surface area (Å²) in [5.41, 5.74) is 0.183. The van der Waals surface area contributed by atoms with Gasteiger partial charge < -0.3 is 0 Å². The zero-order valence-electron chi connectivity index (χ0n) is 5.76. The summed E-state index contributed by atoms with van der Waals surface area (Å²) in [6, 6.07) is 5.95. The molecule has 0 bridgehead atoms. The Morgan fingerprint density at radius 2 is 1.82 bits per heavy atom.